The standard InChI is InChI=1S/C23H22N4O3/c28-15-10-12-27(13-15)21-9-11-24-22(25-21)26-23(29)30-14-20-18-7-3-1-5-16(18)17-6-2-4-8-19(17)20/h1-9,11,15,20,28H,10,12-14H2,(H,24,25,26,29). The number of carbonyl (C=O) groups excluding carboxylic acids is 1. The van der Waals surface area contributed by atoms with Gasteiger partial charge in [0.15, 0.2) is 0 Å². The Kier molecular flexibility index (Phi) is 4.80. The molecule has 2 aromatic carbocycles. The van der Waals surface area contributed by atoms with E-state index in [4.69, 9.17) is 4.74 Å². The Morgan fingerprint density at radius 3 is 2.47 bits per heavy atom. The van der Waals surface area contributed by atoms with Gasteiger partial charge in [0.1, 0.15) is 12.4 Å². The third-order valence-electron chi connectivity index (χ3n) is 5.69. The van der Waals surface area contributed by atoms with Gasteiger partial charge in [0.2, 0.25) is 5.95 Å². The molecular formula is C23H22N4O3. The number of hydrogen-bond donors (Lipinski definition) is 2. The minimum Gasteiger partial charge on any atom is -0.448 e. The summed E-state index contributed by atoms with van der Waals surface area (Å²) in [6.45, 7) is 1.49. The van der Waals surface area contributed by atoms with Gasteiger partial charge in [-0.2, -0.15) is 4.98 Å². The van der Waals surface area contributed by atoms with E-state index in [1.165, 1.54) is 11.1 Å². The molecule has 1 saturated heterocycles. The van der Waals surface area contributed by atoms with E-state index in [0.717, 1.165) is 17.7 Å². The normalized spacial score (nSPS) is 17.5. The smallest absolute Gasteiger partial charge is 0.414 e. The van der Waals surface area contributed by atoms with Crippen molar-refractivity contribution in [3.8, 4) is 11.1 Å². The highest BCUT2D eigenvalue weighted by Crippen LogP contribution is 2.44. The first-order chi connectivity index (χ1) is 14.7. The summed E-state index contributed by atoms with van der Waals surface area (Å²) < 4.78 is 5.54. The Balaban J connectivity index is 1.26. The maximum atomic E-state index is 12.4. The molecule has 2 N–H and O–H groups in total. The van der Waals surface area contributed by atoms with E-state index in [1.54, 1.807) is 12.3 Å². The van der Waals surface area contributed by atoms with Crippen LogP contribution in [0.5, 0.6) is 0 Å². The van der Waals surface area contributed by atoms with Gasteiger partial charge in [0.25, 0.3) is 0 Å². The maximum Gasteiger partial charge on any atom is 0.414 e. The van der Waals surface area contributed by atoms with Gasteiger partial charge in [-0.25, -0.2) is 9.78 Å². The second-order valence-electron chi connectivity index (χ2n) is 7.58. The van der Waals surface area contributed by atoms with Gasteiger partial charge in [-0.1, -0.05) is 48.5 Å². The molecule has 0 spiro atoms. The van der Waals surface area contributed by atoms with E-state index in [1.807, 2.05) is 29.2 Å². The number of anilines is 2. The number of fused-ring (bicyclic) bond motifs is 3. The lowest BCUT2D eigenvalue weighted by atomic mass is 9.98. The Morgan fingerprint density at radius 1 is 1.10 bits per heavy atom. The number of hydrogen-bond acceptors (Lipinski definition) is 6. The molecule has 1 aliphatic heterocycles. The highest BCUT2D eigenvalue weighted by molar-refractivity contribution is 5.83. The molecule has 7 nitrogen and oxygen atoms in total. The average Bonchev–Trinajstić information content (AvgIpc) is 3.34. The topological polar surface area (TPSA) is 87.6 Å². The minimum absolute atomic E-state index is 0.00138. The zero-order chi connectivity index (χ0) is 20.5. The van der Waals surface area contributed by atoms with Crippen LogP contribution in [-0.4, -0.2) is 47.0 Å². The molecule has 152 valence electrons. The van der Waals surface area contributed by atoms with Gasteiger partial charge < -0.3 is 14.7 Å². The molecule has 1 unspecified atom stereocenters. The van der Waals surface area contributed by atoms with Gasteiger partial charge in [-0.3, -0.25) is 5.32 Å². The first-order valence-corrected chi connectivity index (χ1v) is 10.1. The highest BCUT2D eigenvalue weighted by Gasteiger charge is 2.29. The van der Waals surface area contributed by atoms with Crippen molar-refractivity contribution in [1.82, 2.24) is 9.97 Å². The van der Waals surface area contributed by atoms with Crippen molar-refractivity contribution in [2.45, 2.75) is 18.4 Å². The van der Waals surface area contributed by atoms with Crippen LogP contribution in [-0.2, 0) is 4.74 Å². The van der Waals surface area contributed by atoms with Crippen LogP contribution < -0.4 is 10.2 Å². The van der Waals surface area contributed by atoms with Crippen molar-refractivity contribution in [3.63, 3.8) is 0 Å². The van der Waals surface area contributed by atoms with Gasteiger partial charge in [0.05, 0.1) is 6.10 Å². The summed E-state index contributed by atoms with van der Waals surface area (Å²) >= 11 is 0. The van der Waals surface area contributed by atoms with Crippen LogP contribution in [0.3, 0.4) is 0 Å². The lowest BCUT2D eigenvalue weighted by Crippen LogP contribution is -2.23. The molecule has 7 heteroatoms. The van der Waals surface area contributed by atoms with Crippen LogP contribution >= 0.6 is 0 Å². The molecule has 2 heterocycles. The molecule has 3 aromatic rings. The molecule has 0 radical (unpaired) electrons. The number of β-amino-alcohol motifs (C(OH)–C–C–N with tert-alkyl or cyclic N) is 1. The van der Waals surface area contributed by atoms with Crippen molar-refractivity contribution < 1.29 is 14.6 Å². The van der Waals surface area contributed by atoms with Gasteiger partial charge in [-0.15, -0.1) is 0 Å². The van der Waals surface area contributed by atoms with E-state index in [9.17, 15) is 9.90 Å². The fourth-order valence-electron chi connectivity index (χ4n) is 4.26. The molecule has 30 heavy (non-hydrogen) atoms. The maximum absolute atomic E-state index is 12.4. The Morgan fingerprint density at radius 2 is 1.80 bits per heavy atom. The van der Waals surface area contributed by atoms with E-state index < -0.39 is 6.09 Å². The number of ether oxygens (including phenoxy) is 1. The summed E-state index contributed by atoms with van der Waals surface area (Å²) in [5, 5.41) is 12.3. The molecule has 5 rings (SSSR count). The van der Waals surface area contributed by atoms with Crippen LogP contribution in [0.4, 0.5) is 16.6 Å². The predicted molar refractivity (Wildman–Crippen MR) is 114 cm³/mol. The zero-order valence-electron chi connectivity index (χ0n) is 16.4. The molecule has 0 saturated carbocycles. The van der Waals surface area contributed by atoms with Crippen LogP contribution in [0.15, 0.2) is 60.8 Å². The van der Waals surface area contributed by atoms with Crippen LogP contribution in [0, 0.1) is 0 Å². The van der Waals surface area contributed by atoms with E-state index in [0.29, 0.717) is 18.8 Å². The number of aliphatic hydroxyl groups is 1. The van der Waals surface area contributed by atoms with Gasteiger partial charge >= 0.3 is 6.09 Å². The van der Waals surface area contributed by atoms with Crippen molar-refractivity contribution in [3.05, 3.63) is 71.9 Å². The Labute approximate surface area is 174 Å². The summed E-state index contributed by atoms with van der Waals surface area (Å²) in [6, 6.07) is 18.2. The number of nitrogens with zero attached hydrogens (tertiary/aromatic N) is 3. The average molecular weight is 402 g/mol. The number of nitrogens with one attached hydrogen (secondary N) is 1. The van der Waals surface area contributed by atoms with Crippen molar-refractivity contribution in [2.24, 2.45) is 0 Å². The zero-order valence-corrected chi connectivity index (χ0v) is 16.4. The molecule has 1 amide bonds. The largest absolute Gasteiger partial charge is 0.448 e. The molecular weight excluding hydrogens is 380 g/mol. The molecule has 0 bridgehead atoms. The van der Waals surface area contributed by atoms with E-state index in [-0.39, 0.29) is 24.6 Å². The molecule has 1 atom stereocenters. The van der Waals surface area contributed by atoms with Crippen LogP contribution in [0.2, 0.25) is 0 Å². The summed E-state index contributed by atoms with van der Waals surface area (Å²) in [7, 11) is 0. The fourth-order valence-corrected chi connectivity index (χ4v) is 4.26. The lowest BCUT2D eigenvalue weighted by molar-refractivity contribution is 0.158. The second kappa shape index (κ2) is 7.76. The summed E-state index contributed by atoms with van der Waals surface area (Å²) in [5.41, 5.74) is 4.70. The molecule has 1 fully saturated rings. The van der Waals surface area contributed by atoms with Crippen molar-refractivity contribution in [1.29, 1.82) is 0 Å². The van der Waals surface area contributed by atoms with Crippen LogP contribution in [0.1, 0.15) is 23.5 Å². The summed E-state index contributed by atoms with van der Waals surface area (Å²) in [4.78, 5) is 22.9. The Hall–Kier alpha value is -3.45. The number of benzene rings is 2. The van der Waals surface area contributed by atoms with E-state index in [2.05, 4.69) is 39.6 Å². The summed E-state index contributed by atoms with van der Waals surface area (Å²) in [6.07, 6.45) is 1.36. The quantitative estimate of drug-likeness (QED) is 0.695. The number of rotatable bonds is 4. The van der Waals surface area contributed by atoms with Crippen LogP contribution in [0.25, 0.3) is 11.1 Å². The first kappa shape index (κ1) is 18.6. The molecule has 1 aliphatic carbocycles. The number of aliphatic hydroxyl groups excluding tert-OH is 1. The fraction of sp³-hybridized carbons (Fsp3) is 0.261. The highest BCUT2D eigenvalue weighted by atomic mass is 16.5. The second-order valence-corrected chi connectivity index (χ2v) is 7.58. The third-order valence-corrected chi connectivity index (χ3v) is 5.69. The van der Waals surface area contributed by atoms with Crippen molar-refractivity contribution >= 4 is 17.9 Å². The van der Waals surface area contributed by atoms with Crippen molar-refractivity contribution in [2.75, 3.05) is 29.9 Å². The number of carbonyl (C=O) groups is 1. The van der Waals surface area contributed by atoms with E-state index >= 15 is 0 Å². The van der Waals surface area contributed by atoms with Gasteiger partial charge in [0, 0.05) is 25.2 Å². The number of amides is 1. The lowest BCUT2D eigenvalue weighted by Gasteiger charge is -2.17. The Bertz CT molecular complexity index is 1040. The third kappa shape index (κ3) is 3.48. The number of aromatic nitrogens is 2. The molecule has 1 aromatic heterocycles. The minimum atomic E-state index is -0.588. The summed E-state index contributed by atoms with van der Waals surface area (Å²) in [5.74, 6) is 0.864. The van der Waals surface area contributed by atoms with Gasteiger partial charge in [-0.05, 0) is 34.7 Å². The first-order valence-electron chi connectivity index (χ1n) is 10.1. The molecule has 2 aliphatic rings. The monoisotopic (exact) mass is 402 g/mol. The predicted octanol–water partition coefficient (Wildman–Crippen LogP) is 3.41. The SMILES string of the molecule is O=C(Nc1nccc(N2CCC(O)C2)n1)OCC1c2ccccc2-c2ccccc21.